The number of fused-ring (bicyclic) bond motifs is 1. The number of rotatable bonds is 6. The van der Waals surface area contributed by atoms with Gasteiger partial charge in [-0.15, -0.1) is 0 Å². The summed E-state index contributed by atoms with van der Waals surface area (Å²) in [6.45, 7) is 2.11. The zero-order chi connectivity index (χ0) is 20.1. The lowest BCUT2D eigenvalue weighted by atomic mass is 10.0. The van der Waals surface area contributed by atoms with Crippen LogP contribution in [-0.2, 0) is 19.4 Å². The van der Waals surface area contributed by atoms with E-state index in [1.165, 1.54) is 11.1 Å². The van der Waals surface area contributed by atoms with Gasteiger partial charge in [0.2, 0.25) is 5.95 Å². The average molecular weight is 388 g/mol. The summed E-state index contributed by atoms with van der Waals surface area (Å²) in [5.74, 6) is 1.23. The van der Waals surface area contributed by atoms with Crippen molar-refractivity contribution in [1.82, 2.24) is 15.3 Å². The van der Waals surface area contributed by atoms with E-state index in [0.29, 0.717) is 24.6 Å². The number of methoxy groups -OCH3 is 1. The first kappa shape index (κ1) is 18.9. The van der Waals surface area contributed by atoms with E-state index in [4.69, 9.17) is 4.74 Å². The minimum Gasteiger partial charge on any atom is -0.496 e. The van der Waals surface area contributed by atoms with E-state index in [2.05, 4.69) is 44.5 Å². The number of hydrogen-bond acceptors (Lipinski definition) is 5. The Labute approximate surface area is 170 Å². The van der Waals surface area contributed by atoms with Crippen molar-refractivity contribution in [3.05, 3.63) is 83.2 Å². The molecule has 0 spiro atoms. The van der Waals surface area contributed by atoms with Crippen LogP contribution in [0.15, 0.2) is 60.8 Å². The second kappa shape index (κ2) is 8.73. The molecule has 0 atom stereocenters. The summed E-state index contributed by atoms with van der Waals surface area (Å²) in [7, 11) is 1.65. The fraction of sp³-hybridized carbons (Fsp3) is 0.261. The minimum atomic E-state index is -0.194. The van der Waals surface area contributed by atoms with E-state index in [1.807, 2.05) is 24.3 Å². The molecule has 0 fully saturated rings. The fourth-order valence-electron chi connectivity index (χ4n) is 3.60. The van der Waals surface area contributed by atoms with E-state index in [-0.39, 0.29) is 5.91 Å². The lowest BCUT2D eigenvalue weighted by Crippen LogP contribution is -2.33. The van der Waals surface area contributed by atoms with Gasteiger partial charge in [-0.25, -0.2) is 9.97 Å². The maximum absolute atomic E-state index is 12.6. The van der Waals surface area contributed by atoms with Gasteiger partial charge in [0.1, 0.15) is 11.4 Å². The highest BCUT2D eigenvalue weighted by Crippen LogP contribution is 2.22. The van der Waals surface area contributed by atoms with Crippen molar-refractivity contribution in [2.45, 2.75) is 19.4 Å². The number of hydrogen-bond donors (Lipinski definition) is 1. The lowest BCUT2D eigenvalue weighted by molar-refractivity contribution is 0.0949. The molecular formula is C23H24N4O2. The van der Waals surface area contributed by atoms with Crippen LogP contribution in [-0.4, -0.2) is 36.1 Å². The van der Waals surface area contributed by atoms with Crippen molar-refractivity contribution < 1.29 is 9.53 Å². The third-order valence-corrected chi connectivity index (χ3v) is 5.16. The zero-order valence-electron chi connectivity index (χ0n) is 16.5. The molecule has 0 radical (unpaired) electrons. The number of ether oxygens (including phenoxy) is 1. The number of benzene rings is 2. The molecule has 148 valence electrons. The van der Waals surface area contributed by atoms with Crippen molar-refractivity contribution in [3.8, 4) is 5.75 Å². The predicted molar refractivity (Wildman–Crippen MR) is 112 cm³/mol. The molecule has 0 aliphatic carbocycles. The molecule has 1 amide bonds. The molecule has 2 aromatic carbocycles. The first-order chi connectivity index (χ1) is 14.2. The third-order valence-electron chi connectivity index (χ3n) is 5.16. The molecule has 4 rings (SSSR count). The Kier molecular flexibility index (Phi) is 5.70. The van der Waals surface area contributed by atoms with E-state index >= 15 is 0 Å². The summed E-state index contributed by atoms with van der Waals surface area (Å²) >= 11 is 0. The van der Waals surface area contributed by atoms with Crippen LogP contribution in [0.5, 0.6) is 5.75 Å². The number of amides is 1. The summed E-state index contributed by atoms with van der Waals surface area (Å²) in [5.41, 5.74) is 4.10. The number of para-hydroxylation sites is 1. The molecule has 0 saturated heterocycles. The van der Waals surface area contributed by atoms with Gasteiger partial charge in [-0.1, -0.05) is 42.5 Å². The van der Waals surface area contributed by atoms with Crippen molar-refractivity contribution in [3.63, 3.8) is 0 Å². The van der Waals surface area contributed by atoms with Crippen LogP contribution in [0.1, 0.15) is 27.2 Å². The maximum Gasteiger partial charge on any atom is 0.270 e. The van der Waals surface area contributed by atoms with Crippen LogP contribution >= 0.6 is 0 Å². The number of aromatic nitrogens is 2. The van der Waals surface area contributed by atoms with Crippen LogP contribution in [0.3, 0.4) is 0 Å². The molecule has 0 unspecified atom stereocenters. The number of nitrogens with one attached hydrogen (secondary N) is 1. The van der Waals surface area contributed by atoms with Gasteiger partial charge in [-0.05, 0) is 41.7 Å². The van der Waals surface area contributed by atoms with Gasteiger partial charge in [-0.2, -0.15) is 0 Å². The van der Waals surface area contributed by atoms with E-state index in [1.54, 1.807) is 19.4 Å². The first-order valence-corrected chi connectivity index (χ1v) is 9.79. The normalized spacial score (nSPS) is 12.9. The van der Waals surface area contributed by atoms with Crippen molar-refractivity contribution in [2.24, 2.45) is 0 Å². The average Bonchev–Trinajstić information content (AvgIpc) is 2.79. The van der Waals surface area contributed by atoms with Gasteiger partial charge in [-0.3, -0.25) is 4.79 Å². The predicted octanol–water partition coefficient (Wildman–Crippen LogP) is 3.02. The third kappa shape index (κ3) is 4.37. The molecule has 3 aromatic rings. The molecular weight excluding hydrogens is 364 g/mol. The molecule has 1 N–H and O–H groups in total. The Morgan fingerprint density at radius 3 is 2.76 bits per heavy atom. The molecule has 1 aliphatic heterocycles. The number of anilines is 1. The summed E-state index contributed by atoms with van der Waals surface area (Å²) in [6.07, 6.45) is 3.30. The maximum atomic E-state index is 12.6. The molecule has 0 bridgehead atoms. The summed E-state index contributed by atoms with van der Waals surface area (Å²) in [4.78, 5) is 23.6. The number of carbonyl (C=O) groups excluding carboxylic acids is 1. The van der Waals surface area contributed by atoms with Gasteiger partial charge in [0, 0.05) is 25.8 Å². The minimum absolute atomic E-state index is 0.194. The Morgan fingerprint density at radius 2 is 1.90 bits per heavy atom. The fourth-order valence-corrected chi connectivity index (χ4v) is 3.60. The van der Waals surface area contributed by atoms with Gasteiger partial charge in [0.05, 0.1) is 7.11 Å². The standard InChI is InChI=1S/C23H24N4O2/c1-29-21-9-5-4-7-18(21)10-13-24-22(28)20-11-14-25-23(26-20)27-15-12-17-6-2-3-8-19(17)16-27/h2-9,11,14H,10,12-13,15-16H2,1H3,(H,24,28). The van der Waals surface area contributed by atoms with Crippen LogP contribution in [0.25, 0.3) is 0 Å². The van der Waals surface area contributed by atoms with Crippen LogP contribution in [0, 0.1) is 0 Å². The van der Waals surface area contributed by atoms with Gasteiger partial charge >= 0.3 is 0 Å². The quantitative estimate of drug-likeness (QED) is 0.703. The summed E-state index contributed by atoms with van der Waals surface area (Å²) in [6, 6.07) is 17.9. The van der Waals surface area contributed by atoms with Crippen molar-refractivity contribution in [2.75, 3.05) is 25.1 Å². The van der Waals surface area contributed by atoms with Crippen molar-refractivity contribution in [1.29, 1.82) is 0 Å². The van der Waals surface area contributed by atoms with E-state index in [0.717, 1.165) is 30.8 Å². The van der Waals surface area contributed by atoms with Crippen molar-refractivity contribution >= 4 is 11.9 Å². The van der Waals surface area contributed by atoms with E-state index < -0.39 is 0 Å². The highest BCUT2D eigenvalue weighted by Gasteiger charge is 2.19. The van der Waals surface area contributed by atoms with Crippen LogP contribution in [0.4, 0.5) is 5.95 Å². The zero-order valence-corrected chi connectivity index (χ0v) is 16.5. The first-order valence-electron chi connectivity index (χ1n) is 9.79. The highest BCUT2D eigenvalue weighted by molar-refractivity contribution is 5.92. The van der Waals surface area contributed by atoms with Crippen LogP contribution < -0.4 is 15.0 Å². The van der Waals surface area contributed by atoms with Crippen LogP contribution in [0.2, 0.25) is 0 Å². The summed E-state index contributed by atoms with van der Waals surface area (Å²) < 4.78 is 5.36. The van der Waals surface area contributed by atoms with Gasteiger partial charge in [0.25, 0.3) is 5.91 Å². The van der Waals surface area contributed by atoms with E-state index in [9.17, 15) is 4.79 Å². The molecule has 29 heavy (non-hydrogen) atoms. The topological polar surface area (TPSA) is 67.3 Å². The monoisotopic (exact) mass is 388 g/mol. The Hall–Kier alpha value is -3.41. The van der Waals surface area contributed by atoms with Gasteiger partial charge < -0.3 is 15.0 Å². The molecule has 1 aliphatic rings. The molecule has 2 heterocycles. The number of carbonyl (C=O) groups is 1. The lowest BCUT2D eigenvalue weighted by Gasteiger charge is -2.28. The highest BCUT2D eigenvalue weighted by atomic mass is 16.5. The second-order valence-electron chi connectivity index (χ2n) is 7.00. The largest absolute Gasteiger partial charge is 0.496 e. The molecule has 6 heteroatoms. The molecule has 1 aromatic heterocycles. The number of nitrogens with zero attached hydrogens (tertiary/aromatic N) is 3. The molecule has 6 nitrogen and oxygen atoms in total. The SMILES string of the molecule is COc1ccccc1CCNC(=O)c1ccnc(N2CCc3ccccc3C2)n1. The Balaban J connectivity index is 1.39. The Bertz CT molecular complexity index is 1010. The van der Waals surface area contributed by atoms with Gasteiger partial charge in [0.15, 0.2) is 0 Å². The summed E-state index contributed by atoms with van der Waals surface area (Å²) in [5, 5.41) is 2.94. The molecule has 0 saturated carbocycles. The second-order valence-corrected chi connectivity index (χ2v) is 7.00. The smallest absolute Gasteiger partial charge is 0.270 e. The Morgan fingerprint density at radius 1 is 1.10 bits per heavy atom.